The first-order valence-corrected chi connectivity index (χ1v) is 6.48. The maximum absolute atomic E-state index is 14.2. The smallest absolute Gasteiger partial charge is 0.341 e. The van der Waals surface area contributed by atoms with Crippen LogP contribution in [0.5, 0.6) is 0 Å². The zero-order valence-corrected chi connectivity index (χ0v) is 11.9. The van der Waals surface area contributed by atoms with Crippen molar-refractivity contribution >= 4 is 28.7 Å². The Morgan fingerprint density at radius 1 is 1.21 bits per heavy atom. The Kier molecular flexibility index (Phi) is 3.15. The number of hydrogen-bond acceptors (Lipinski definition) is 4. The first kappa shape index (κ1) is 15.6. The summed E-state index contributed by atoms with van der Waals surface area (Å²) in [5.41, 5.74) is -3.05. The largest absolute Gasteiger partial charge is 0.480 e. The number of amides is 1. The normalized spacial score (nSPS) is 16.5. The molecule has 124 valence electrons. The number of rotatable bonds is 2. The average Bonchev–Trinajstić information content (AvgIpc) is 2.50. The van der Waals surface area contributed by atoms with Gasteiger partial charge in [0.1, 0.15) is 5.56 Å². The third kappa shape index (κ3) is 1.82. The van der Waals surface area contributed by atoms with Crippen LogP contribution in [-0.4, -0.2) is 39.8 Å². The summed E-state index contributed by atoms with van der Waals surface area (Å²) in [6.45, 7) is 0. The van der Waals surface area contributed by atoms with E-state index >= 15 is 0 Å². The van der Waals surface area contributed by atoms with E-state index in [-0.39, 0.29) is 5.52 Å². The van der Waals surface area contributed by atoms with Crippen molar-refractivity contribution in [2.45, 2.75) is 5.92 Å². The van der Waals surface area contributed by atoms with Crippen LogP contribution in [0.3, 0.4) is 0 Å². The molecule has 0 saturated carbocycles. The van der Waals surface area contributed by atoms with E-state index in [9.17, 15) is 33.1 Å². The second-order valence-corrected chi connectivity index (χ2v) is 5.14. The molecule has 8 nitrogen and oxygen atoms in total. The fourth-order valence-electron chi connectivity index (χ4n) is 2.74. The van der Waals surface area contributed by atoms with Gasteiger partial charge in [-0.25, -0.2) is 13.6 Å². The summed E-state index contributed by atoms with van der Waals surface area (Å²) in [6, 6.07) is 0.488. The van der Waals surface area contributed by atoms with Crippen molar-refractivity contribution in [1.82, 2.24) is 4.68 Å². The molecule has 2 aromatic rings. The number of benzene rings is 1. The van der Waals surface area contributed by atoms with Crippen LogP contribution in [0.15, 0.2) is 17.1 Å². The van der Waals surface area contributed by atoms with Crippen LogP contribution in [0.25, 0.3) is 10.9 Å². The lowest BCUT2D eigenvalue weighted by atomic mass is 9.92. The minimum atomic E-state index is -2.05. The van der Waals surface area contributed by atoms with Gasteiger partial charge in [0.2, 0.25) is 5.43 Å². The molecule has 1 aromatic carbocycles. The first-order chi connectivity index (χ1) is 11.2. The molecule has 0 radical (unpaired) electrons. The number of halogens is 2. The molecule has 2 heterocycles. The van der Waals surface area contributed by atoms with Gasteiger partial charge in [-0.15, -0.1) is 0 Å². The third-order valence-corrected chi connectivity index (χ3v) is 3.85. The number of aliphatic carboxylic acids is 1. The molecule has 1 aromatic heterocycles. The van der Waals surface area contributed by atoms with E-state index < -0.39 is 57.3 Å². The number of likely N-dealkylation sites (N-methyl/N-ethyl adjacent to an activating group) is 1. The van der Waals surface area contributed by atoms with E-state index in [0.29, 0.717) is 6.07 Å². The second kappa shape index (κ2) is 4.85. The molecular weight excluding hydrogens is 330 g/mol. The first-order valence-electron chi connectivity index (χ1n) is 6.48. The standard InChI is InChI=1S/C14H8F2N2O6/c1-17-12(20)8(14(23)24)7-9(16)6(15)2-4-10(7)18(17)3-5(11(4)19)13(21)22/h2-3,8H,1H3,(H,21,22)(H,23,24). The summed E-state index contributed by atoms with van der Waals surface area (Å²) >= 11 is 0. The van der Waals surface area contributed by atoms with Crippen LogP contribution in [0.2, 0.25) is 0 Å². The highest BCUT2D eigenvalue weighted by Gasteiger charge is 2.41. The molecule has 1 unspecified atom stereocenters. The maximum Gasteiger partial charge on any atom is 0.341 e. The van der Waals surface area contributed by atoms with Crippen molar-refractivity contribution in [1.29, 1.82) is 0 Å². The SMILES string of the molecule is CN1C(=O)C(C(=O)O)c2c(F)c(F)cc3c(=O)c(C(=O)O)cn1c23. The van der Waals surface area contributed by atoms with E-state index in [0.717, 1.165) is 22.9 Å². The zero-order chi connectivity index (χ0) is 17.9. The number of hydrogen-bond donors (Lipinski definition) is 2. The van der Waals surface area contributed by atoms with Gasteiger partial charge in [-0.3, -0.25) is 24.1 Å². The van der Waals surface area contributed by atoms with Crippen LogP contribution in [0.1, 0.15) is 21.8 Å². The summed E-state index contributed by atoms with van der Waals surface area (Å²) in [5.74, 6) is -9.64. The minimum Gasteiger partial charge on any atom is -0.480 e. The predicted molar refractivity (Wildman–Crippen MR) is 74.6 cm³/mol. The van der Waals surface area contributed by atoms with Crippen LogP contribution < -0.4 is 10.4 Å². The number of carbonyl (C=O) groups excluding carboxylic acids is 1. The van der Waals surface area contributed by atoms with Gasteiger partial charge < -0.3 is 10.2 Å². The topological polar surface area (TPSA) is 117 Å². The van der Waals surface area contributed by atoms with E-state index in [1.54, 1.807) is 0 Å². The molecule has 1 amide bonds. The van der Waals surface area contributed by atoms with Gasteiger partial charge in [-0.2, -0.15) is 0 Å². The van der Waals surface area contributed by atoms with Crippen molar-refractivity contribution in [3.8, 4) is 0 Å². The van der Waals surface area contributed by atoms with Gasteiger partial charge in [0.15, 0.2) is 17.6 Å². The number of carboxylic acid groups (broad SMARTS) is 2. The van der Waals surface area contributed by atoms with Crippen LogP contribution in [-0.2, 0) is 9.59 Å². The van der Waals surface area contributed by atoms with Crippen LogP contribution >= 0.6 is 0 Å². The second-order valence-electron chi connectivity index (χ2n) is 5.14. The van der Waals surface area contributed by atoms with E-state index in [4.69, 9.17) is 5.11 Å². The van der Waals surface area contributed by atoms with E-state index in [1.807, 2.05) is 0 Å². The molecule has 0 saturated heterocycles. The van der Waals surface area contributed by atoms with Crippen LogP contribution in [0.4, 0.5) is 8.78 Å². The Bertz CT molecular complexity index is 1010. The van der Waals surface area contributed by atoms with E-state index in [1.165, 1.54) is 0 Å². The van der Waals surface area contributed by atoms with E-state index in [2.05, 4.69) is 0 Å². The third-order valence-electron chi connectivity index (χ3n) is 3.85. The summed E-state index contributed by atoms with van der Waals surface area (Å²) < 4.78 is 28.9. The molecule has 1 atom stereocenters. The minimum absolute atomic E-state index is 0.363. The highest BCUT2D eigenvalue weighted by atomic mass is 19.2. The summed E-state index contributed by atoms with van der Waals surface area (Å²) in [6.07, 6.45) is 0.768. The van der Waals surface area contributed by atoms with Gasteiger partial charge in [0, 0.05) is 18.8 Å². The van der Waals surface area contributed by atoms with Gasteiger partial charge in [0.05, 0.1) is 10.9 Å². The Morgan fingerprint density at radius 3 is 2.38 bits per heavy atom. The predicted octanol–water partition coefficient (Wildman–Crippen LogP) is 0.254. The molecule has 0 spiro atoms. The number of pyridine rings is 1. The van der Waals surface area contributed by atoms with Crippen molar-refractivity contribution in [3.63, 3.8) is 0 Å². The zero-order valence-electron chi connectivity index (χ0n) is 11.9. The molecule has 1 aliphatic rings. The lowest BCUT2D eigenvalue weighted by Crippen LogP contribution is -2.47. The average molecular weight is 338 g/mol. The monoisotopic (exact) mass is 338 g/mol. The van der Waals surface area contributed by atoms with Crippen molar-refractivity contribution in [2.24, 2.45) is 0 Å². The number of aromatic nitrogens is 1. The number of aromatic carboxylic acids is 1. The highest BCUT2D eigenvalue weighted by Crippen LogP contribution is 2.34. The van der Waals surface area contributed by atoms with Crippen molar-refractivity contribution < 1.29 is 33.4 Å². The van der Waals surface area contributed by atoms with Crippen molar-refractivity contribution in [3.05, 3.63) is 45.2 Å². The lowest BCUT2D eigenvalue weighted by Gasteiger charge is -2.32. The van der Waals surface area contributed by atoms with Gasteiger partial charge in [-0.05, 0) is 6.07 Å². The molecule has 3 rings (SSSR count). The van der Waals surface area contributed by atoms with Gasteiger partial charge >= 0.3 is 11.9 Å². The Morgan fingerprint density at radius 2 is 1.83 bits per heavy atom. The quantitative estimate of drug-likeness (QED) is 0.758. The number of nitrogens with zero attached hydrogens (tertiary/aromatic N) is 2. The Hall–Kier alpha value is -3.30. The Balaban J connectivity index is 2.62. The summed E-state index contributed by atoms with van der Waals surface area (Å²) in [7, 11) is 1.12. The van der Waals surface area contributed by atoms with Gasteiger partial charge in [-0.1, -0.05) is 0 Å². The molecule has 10 heteroatoms. The Labute approximate surface area is 131 Å². The molecule has 2 N–H and O–H groups in total. The molecule has 0 fully saturated rings. The summed E-state index contributed by atoms with van der Waals surface area (Å²) in [5, 5.41) is 18.5. The summed E-state index contributed by atoms with van der Waals surface area (Å²) in [4.78, 5) is 47.0. The number of carboxylic acids is 2. The van der Waals surface area contributed by atoms with Gasteiger partial charge in [0.25, 0.3) is 5.91 Å². The fourth-order valence-corrected chi connectivity index (χ4v) is 2.74. The lowest BCUT2D eigenvalue weighted by molar-refractivity contribution is -0.143. The molecular formula is C14H8F2N2O6. The van der Waals surface area contributed by atoms with Crippen LogP contribution in [0, 0.1) is 11.6 Å². The number of carbonyl (C=O) groups is 3. The highest BCUT2D eigenvalue weighted by molar-refractivity contribution is 6.12. The molecule has 0 bridgehead atoms. The molecule has 0 aliphatic carbocycles. The molecule has 1 aliphatic heterocycles. The fraction of sp³-hybridized carbons (Fsp3) is 0.143. The maximum atomic E-state index is 14.2. The molecule has 24 heavy (non-hydrogen) atoms. The van der Waals surface area contributed by atoms with Crippen molar-refractivity contribution in [2.75, 3.05) is 12.1 Å².